The van der Waals surface area contributed by atoms with Gasteiger partial charge in [0.05, 0.1) is 7.11 Å². The predicted octanol–water partition coefficient (Wildman–Crippen LogP) is 3.99. The smallest absolute Gasteiger partial charge is 0.414 e. The largest absolute Gasteiger partial charge is 0.496 e. The summed E-state index contributed by atoms with van der Waals surface area (Å²) in [5, 5.41) is 18.2. The van der Waals surface area contributed by atoms with Crippen LogP contribution in [0.5, 0.6) is 5.75 Å². The molecule has 128 valence electrons. The van der Waals surface area contributed by atoms with E-state index in [-0.39, 0.29) is 0 Å². The zero-order valence-electron chi connectivity index (χ0n) is 12.6. The number of benzene rings is 2. The van der Waals surface area contributed by atoms with Crippen LogP contribution in [0.15, 0.2) is 51.4 Å². The molecule has 0 aliphatic heterocycles. The van der Waals surface area contributed by atoms with E-state index in [1.165, 1.54) is 0 Å². The molecule has 8 heteroatoms. The molecular formula is C16H15Br2NO5. The molecule has 2 aromatic carbocycles. The van der Waals surface area contributed by atoms with Crippen LogP contribution in [0, 0.1) is 0 Å². The third-order valence-corrected chi connectivity index (χ3v) is 3.77. The molecule has 0 heterocycles. The number of hydrogen-bond donors (Lipinski definition) is 3. The van der Waals surface area contributed by atoms with Gasteiger partial charge in [0.1, 0.15) is 5.75 Å². The Bertz CT molecular complexity index is 692. The lowest BCUT2D eigenvalue weighted by atomic mass is 10.2. The molecule has 0 aliphatic rings. The summed E-state index contributed by atoms with van der Waals surface area (Å²) in [6.45, 7) is 0.726. The lowest BCUT2D eigenvalue weighted by Crippen LogP contribution is -2.09. The summed E-state index contributed by atoms with van der Waals surface area (Å²) in [6, 6.07) is 14.1. The summed E-state index contributed by atoms with van der Waals surface area (Å²) in [5.74, 6) is -2.76. The van der Waals surface area contributed by atoms with E-state index < -0.39 is 11.9 Å². The Morgan fingerprint density at radius 3 is 2.04 bits per heavy atom. The lowest BCUT2D eigenvalue weighted by molar-refractivity contribution is -0.159. The minimum atomic E-state index is -1.82. The number of carbonyl (C=O) groups is 2. The fraction of sp³-hybridized carbons (Fsp3) is 0.125. The average Bonchev–Trinajstić information content (AvgIpc) is 2.55. The van der Waals surface area contributed by atoms with Gasteiger partial charge < -0.3 is 20.3 Å². The van der Waals surface area contributed by atoms with E-state index in [1.54, 1.807) is 7.11 Å². The van der Waals surface area contributed by atoms with Gasteiger partial charge in [-0.2, -0.15) is 0 Å². The van der Waals surface area contributed by atoms with E-state index in [1.807, 2.05) is 36.4 Å². The number of methoxy groups -OCH3 is 1. The number of carboxylic acid groups (broad SMARTS) is 2. The first kappa shape index (κ1) is 20.0. The monoisotopic (exact) mass is 459 g/mol. The molecule has 0 atom stereocenters. The molecule has 0 saturated heterocycles. The number of ether oxygens (including phenoxy) is 1. The van der Waals surface area contributed by atoms with Crippen LogP contribution in [-0.4, -0.2) is 29.3 Å². The third kappa shape index (κ3) is 7.01. The van der Waals surface area contributed by atoms with Crippen molar-refractivity contribution in [1.82, 2.24) is 0 Å². The highest BCUT2D eigenvalue weighted by atomic mass is 79.9. The van der Waals surface area contributed by atoms with E-state index in [0.717, 1.165) is 32.5 Å². The van der Waals surface area contributed by atoms with Gasteiger partial charge in [0.25, 0.3) is 0 Å². The van der Waals surface area contributed by atoms with E-state index >= 15 is 0 Å². The van der Waals surface area contributed by atoms with E-state index in [9.17, 15) is 0 Å². The number of anilines is 1. The Kier molecular flexibility index (Phi) is 8.28. The van der Waals surface area contributed by atoms with Crippen LogP contribution in [0.2, 0.25) is 0 Å². The molecule has 0 saturated carbocycles. The molecular weight excluding hydrogens is 446 g/mol. The zero-order valence-corrected chi connectivity index (χ0v) is 15.8. The Hall–Kier alpha value is -2.06. The van der Waals surface area contributed by atoms with Crippen LogP contribution < -0.4 is 10.1 Å². The second-order valence-electron chi connectivity index (χ2n) is 4.43. The summed E-state index contributed by atoms with van der Waals surface area (Å²) in [7, 11) is 1.69. The van der Waals surface area contributed by atoms with Gasteiger partial charge in [0, 0.05) is 26.7 Å². The number of aliphatic carboxylic acids is 2. The second kappa shape index (κ2) is 9.94. The van der Waals surface area contributed by atoms with E-state index in [4.69, 9.17) is 24.5 Å². The number of nitrogens with one attached hydrogen (secondary N) is 1. The molecule has 0 aliphatic carbocycles. The zero-order chi connectivity index (χ0) is 18.1. The van der Waals surface area contributed by atoms with Crippen LogP contribution in [-0.2, 0) is 16.1 Å². The molecule has 0 unspecified atom stereocenters. The highest BCUT2D eigenvalue weighted by molar-refractivity contribution is 9.10. The van der Waals surface area contributed by atoms with E-state index in [2.05, 4.69) is 43.2 Å². The maximum atomic E-state index is 9.10. The Labute approximate surface area is 155 Å². The predicted molar refractivity (Wildman–Crippen MR) is 97.4 cm³/mol. The summed E-state index contributed by atoms with van der Waals surface area (Å²) in [5.41, 5.74) is 2.20. The third-order valence-electron chi connectivity index (χ3n) is 2.75. The number of hydrogen-bond acceptors (Lipinski definition) is 4. The van der Waals surface area contributed by atoms with Gasteiger partial charge in [-0.05, 0) is 42.5 Å². The van der Waals surface area contributed by atoms with Crippen molar-refractivity contribution in [2.75, 3.05) is 12.4 Å². The first-order valence-corrected chi connectivity index (χ1v) is 8.20. The quantitative estimate of drug-likeness (QED) is 0.597. The fourth-order valence-electron chi connectivity index (χ4n) is 1.65. The Balaban J connectivity index is 0.000000413. The summed E-state index contributed by atoms with van der Waals surface area (Å²) >= 11 is 6.89. The van der Waals surface area contributed by atoms with Crippen LogP contribution >= 0.6 is 31.9 Å². The van der Waals surface area contributed by atoms with Gasteiger partial charge in [-0.3, -0.25) is 0 Å². The minimum Gasteiger partial charge on any atom is -0.496 e. The first-order valence-electron chi connectivity index (χ1n) is 6.61. The minimum absolute atomic E-state index is 0.726. The van der Waals surface area contributed by atoms with Gasteiger partial charge in [-0.25, -0.2) is 9.59 Å². The van der Waals surface area contributed by atoms with Crippen molar-refractivity contribution in [1.29, 1.82) is 0 Å². The standard InChI is InChI=1S/C14H13Br2NO.C2H2O4/c1-18-14-7-4-12(16)8-10(14)9-17-13-5-2-11(15)3-6-13;3-1(4)2(5)6/h2-8,17H,9H2,1H3;(H,3,4)(H,5,6). The van der Waals surface area contributed by atoms with Crippen molar-refractivity contribution < 1.29 is 24.5 Å². The summed E-state index contributed by atoms with van der Waals surface area (Å²) in [4.78, 5) is 18.2. The molecule has 2 aromatic rings. The van der Waals surface area contributed by atoms with Crippen molar-refractivity contribution in [3.8, 4) is 5.75 Å². The average molecular weight is 461 g/mol. The molecule has 0 spiro atoms. The van der Waals surface area contributed by atoms with Gasteiger partial charge >= 0.3 is 11.9 Å². The maximum absolute atomic E-state index is 9.10. The van der Waals surface area contributed by atoms with Crippen LogP contribution in [0.3, 0.4) is 0 Å². The van der Waals surface area contributed by atoms with Gasteiger partial charge in [-0.1, -0.05) is 31.9 Å². The van der Waals surface area contributed by atoms with Crippen molar-refractivity contribution in [2.24, 2.45) is 0 Å². The molecule has 0 aromatic heterocycles. The van der Waals surface area contributed by atoms with Crippen molar-refractivity contribution in [3.63, 3.8) is 0 Å². The lowest BCUT2D eigenvalue weighted by Gasteiger charge is -2.11. The Morgan fingerprint density at radius 1 is 1.00 bits per heavy atom. The van der Waals surface area contributed by atoms with Crippen LogP contribution in [0.4, 0.5) is 5.69 Å². The van der Waals surface area contributed by atoms with Gasteiger partial charge in [0.2, 0.25) is 0 Å². The van der Waals surface area contributed by atoms with Crippen LogP contribution in [0.1, 0.15) is 5.56 Å². The van der Waals surface area contributed by atoms with Crippen LogP contribution in [0.25, 0.3) is 0 Å². The molecule has 2 rings (SSSR count). The number of carboxylic acids is 2. The van der Waals surface area contributed by atoms with Gasteiger partial charge in [0.15, 0.2) is 0 Å². The first-order chi connectivity index (χ1) is 11.3. The molecule has 0 fully saturated rings. The number of rotatable bonds is 4. The molecule has 0 radical (unpaired) electrons. The highest BCUT2D eigenvalue weighted by Gasteiger charge is 2.04. The molecule has 0 amide bonds. The highest BCUT2D eigenvalue weighted by Crippen LogP contribution is 2.24. The molecule has 3 N–H and O–H groups in total. The maximum Gasteiger partial charge on any atom is 0.414 e. The van der Waals surface area contributed by atoms with Gasteiger partial charge in [-0.15, -0.1) is 0 Å². The molecule has 24 heavy (non-hydrogen) atoms. The summed E-state index contributed by atoms with van der Waals surface area (Å²) in [6.07, 6.45) is 0. The topological polar surface area (TPSA) is 95.9 Å². The normalized spacial score (nSPS) is 9.46. The SMILES string of the molecule is COc1ccc(Br)cc1CNc1ccc(Br)cc1.O=C(O)C(=O)O. The second-order valence-corrected chi connectivity index (χ2v) is 6.26. The molecule has 6 nitrogen and oxygen atoms in total. The summed E-state index contributed by atoms with van der Waals surface area (Å²) < 4.78 is 7.47. The molecule has 0 bridgehead atoms. The van der Waals surface area contributed by atoms with Crippen molar-refractivity contribution in [2.45, 2.75) is 6.54 Å². The number of halogens is 2. The van der Waals surface area contributed by atoms with Crippen molar-refractivity contribution in [3.05, 3.63) is 57.0 Å². The Morgan fingerprint density at radius 2 is 1.54 bits per heavy atom. The fourth-order valence-corrected chi connectivity index (χ4v) is 2.32. The van der Waals surface area contributed by atoms with Crippen molar-refractivity contribution >= 4 is 49.5 Å². The van der Waals surface area contributed by atoms with E-state index in [0.29, 0.717) is 0 Å².